The summed E-state index contributed by atoms with van der Waals surface area (Å²) in [4.78, 5) is 10.1. The molecule has 0 heterocycles. The van der Waals surface area contributed by atoms with Crippen molar-refractivity contribution < 1.29 is 0 Å². The second-order valence-electron chi connectivity index (χ2n) is 2.79. The lowest BCUT2D eigenvalue weighted by atomic mass is 10.1. The minimum Gasteiger partial charge on any atom is -0.145 e. The van der Waals surface area contributed by atoms with Crippen LogP contribution in [0.4, 0.5) is 0 Å². The van der Waals surface area contributed by atoms with Gasteiger partial charge in [-0.2, -0.15) is 0 Å². The van der Waals surface area contributed by atoms with Crippen LogP contribution in [-0.2, 0) is 0 Å². The van der Waals surface area contributed by atoms with Gasteiger partial charge in [0.2, 0.25) is 0 Å². The minimum atomic E-state index is 0.499. The van der Waals surface area contributed by atoms with Crippen molar-refractivity contribution in [3.63, 3.8) is 0 Å². The highest BCUT2D eigenvalue weighted by Gasteiger charge is 1.89. The lowest BCUT2D eigenvalue weighted by Crippen LogP contribution is -1.74. The molecule has 0 saturated heterocycles. The lowest BCUT2D eigenvalue weighted by molar-refractivity contribution is 1.31. The van der Waals surface area contributed by atoms with Gasteiger partial charge in [-0.25, -0.2) is 0 Å². The van der Waals surface area contributed by atoms with E-state index in [2.05, 4.69) is 5.18 Å². The zero-order valence-corrected chi connectivity index (χ0v) is 7.24. The lowest BCUT2D eigenvalue weighted by Gasteiger charge is -1.94. The van der Waals surface area contributed by atoms with E-state index < -0.39 is 0 Å². The zero-order chi connectivity index (χ0) is 8.97. The van der Waals surface area contributed by atoms with E-state index in [1.165, 1.54) is 5.56 Å². The van der Waals surface area contributed by atoms with Crippen molar-refractivity contribution in [2.45, 2.75) is 13.8 Å². The van der Waals surface area contributed by atoms with Gasteiger partial charge < -0.3 is 0 Å². The van der Waals surface area contributed by atoms with E-state index in [0.717, 1.165) is 5.56 Å². The third-order valence-electron chi connectivity index (χ3n) is 1.60. The first-order valence-electron chi connectivity index (χ1n) is 3.80. The first-order chi connectivity index (χ1) is 5.72. The van der Waals surface area contributed by atoms with Gasteiger partial charge in [-0.1, -0.05) is 29.8 Å². The average molecular weight is 161 g/mol. The number of hydrogen-bond acceptors (Lipinski definition) is 2. The molecule has 2 nitrogen and oxygen atoms in total. The fourth-order valence-corrected chi connectivity index (χ4v) is 0.930. The predicted octanol–water partition coefficient (Wildman–Crippen LogP) is 3.12. The third-order valence-corrected chi connectivity index (χ3v) is 1.60. The summed E-state index contributed by atoms with van der Waals surface area (Å²) >= 11 is 0. The molecule has 0 spiro atoms. The van der Waals surface area contributed by atoms with Crippen molar-refractivity contribution >= 4 is 6.08 Å². The zero-order valence-electron chi connectivity index (χ0n) is 7.24. The topological polar surface area (TPSA) is 29.4 Å². The van der Waals surface area contributed by atoms with Crippen LogP contribution in [0, 0.1) is 11.8 Å². The summed E-state index contributed by atoms with van der Waals surface area (Å²) in [6.07, 6.45) is 1.76. The molecule has 2 heteroatoms. The molecular formula is C10H11NO. The molecule has 0 radical (unpaired) electrons. The molecule has 0 bridgehead atoms. The number of benzene rings is 1. The van der Waals surface area contributed by atoms with Crippen LogP contribution >= 0.6 is 0 Å². The number of nitroso groups, excluding NO2 is 1. The molecule has 0 saturated carbocycles. The summed E-state index contributed by atoms with van der Waals surface area (Å²) in [6.45, 7) is 3.71. The second kappa shape index (κ2) is 3.81. The van der Waals surface area contributed by atoms with Crippen molar-refractivity contribution in [1.82, 2.24) is 0 Å². The van der Waals surface area contributed by atoms with Crippen LogP contribution in [-0.4, -0.2) is 0 Å². The maximum atomic E-state index is 10.1. The van der Waals surface area contributed by atoms with E-state index >= 15 is 0 Å². The number of rotatable bonds is 2. The molecular weight excluding hydrogens is 150 g/mol. The van der Waals surface area contributed by atoms with E-state index in [0.29, 0.717) is 5.70 Å². The molecule has 0 fully saturated rings. The Morgan fingerprint density at radius 3 is 2.42 bits per heavy atom. The van der Waals surface area contributed by atoms with E-state index in [1.807, 2.05) is 31.2 Å². The van der Waals surface area contributed by atoms with Gasteiger partial charge in [0.1, 0.15) is 0 Å². The smallest absolute Gasteiger partial charge is 0.0824 e. The Kier molecular flexibility index (Phi) is 2.75. The molecule has 0 aliphatic carbocycles. The summed E-state index contributed by atoms with van der Waals surface area (Å²) in [7, 11) is 0. The van der Waals surface area contributed by atoms with E-state index in [9.17, 15) is 4.91 Å². The molecule has 1 aromatic rings. The Morgan fingerprint density at radius 1 is 1.33 bits per heavy atom. The van der Waals surface area contributed by atoms with Crippen molar-refractivity contribution in [3.8, 4) is 0 Å². The predicted molar refractivity (Wildman–Crippen MR) is 50.6 cm³/mol. The molecule has 62 valence electrons. The molecule has 12 heavy (non-hydrogen) atoms. The Balaban J connectivity index is 2.91. The number of allylic oxidation sites excluding steroid dienone is 1. The van der Waals surface area contributed by atoms with E-state index in [1.54, 1.807) is 13.0 Å². The van der Waals surface area contributed by atoms with Gasteiger partial charge in [0.25, 0.3) is 0 Å². The quantitative estimate of drug-likeness (QED) is 0.613. The SMILES string of the molecule is C/C(=C/c1ccc(C)cc1)N=O. The fourth-order valence-electron chi connectivity index (χ4n) is 0.930. The Morgan fingerprint density at radius 2 is 1.92 bits per heavy atom. The van der Waals surface area contributed by atoms with Crippen LogP contribution < -0.4 is 0 Å². The molecule has 0 aliphatic heterocycles. The maximum absolute atomic E-state index is 10.1. The Hall–Kier alpha value is -1.44. The number of hydrogen-bond donors (Lipinski definition) is 0. The number of aryl methyl sites for hydroxylation is 1. The molecule has 0 amide bonds. The van der Waals surface area contributed by atoms with Crippen LogP contribution in [0.15, 0.2) is 35.1 Å². The van der Waals surface area contributed by atoms with Gasteiger partial charge >= 0.3 is 0 Å². The van der Waals surface area contributed by atoms with Crippen LogP contribution in [0.25, 0.3) is 6.08 Å². The molecule has 0 unspecified atom stereocenters. The minimum absolute atomic E-state index is 0.499. The molecule has 0 N–H and O–H groups in total. The van der Waals surface area contributed by atoms with Gasteiger partial charge in [0.15, 0.2) is 0 Å². The van der Waals surface area contributed by atoms with Crippen molar-refractivity contribution in [2.24, 2.45) is 5.18 Å². The standard InChI is InChI=1S/C10H11NO/c1-8-3-5-10(6-4-8)7-9(2)11-12/h3-7H,1-2H3/b9-7-. The van der Waals surface area contributed by atoms with Gasteiger partial charge in [-0.05, 0) is 30.7 Å². The Bertz CT molecular complexity index is 298. The highest BCUT2D eigenvalue weighted by Crippen LogP contribution is 2.08. The highest BCUT2D eigenvalue weighted by atomic mass is 16.3. The van der Waals surface area contributed by atoms with Crippen molar-refractivity contribution in [3.05, 3.63) is 46.0 Å². The summed E-state index contributed by atoms with van der Waals surface area (Å²) in [5, 5.41) is 2.82. The normalized spacial score (nSPS) is 11.3. The average Bonchev–Trinajstić information content (AvgIpc) is 2.09. The van der Waals surface area contributed by atoms with Gasteiger partial charge in [-0.3, -0.25) is 0 Å². The Labute approximate surface area is 71.9 Å². The molecule has 0 atom stereocenters. The van der Waals surface area contributed by atoms with Gasteiger partial charge in [0.05, 0.1) is 5.70 Å². The summed E-state index contributed by atoms with van der Waals surface area (Å²) in [5.74, 6) is 0. The largest absolute Gasteiger partial charge is 0.145 e. The second-order valence-corrected chi connectivity index (χ2v) is 2.79. The van der Waals surface area contributed by atoms with Gasteiger partial charge in [-0.15, -0.1) is 4.91 Å². The molecule has 0 aliphatic rings. The van der Waals surface area contributed by atoms with Crippen LogP contribution in [0.2, 0.25) is 0 Å². The van der Waals surface area contributed by atoms with Crippen LogP contribution in [0.1, 0.15) is 18.1 Å². The summed E-state index contributed by atoms with van der Waals surface area (Å²) in [6, 6.07) is 7.93. The van der Waals surface area contributed by atoms with Crippen LogP contribution in [0.5, 0.6) is 0 Å². The van der Waals surface area contributed by atoms with Crippen molar-refractivity contribution in [1.29, 1.82) is 0 Å². The molecule has 0 aromatic heterocycles. The van der Waals surface area contributed by atoms with Gasteiger partial charge in [0, 0.05) is 0 Å². The van der Waals surface area contributed by atoms with E-state index in [-0.39, 0.29) is 0 Å². The van der Waals surface area contributed by atoms with Crippen molar-refractivity contribution in [2.75, 3.05) is 0 Å². The summed E-state index contributed by atoms with van der Waals surface area (Å²) in [5.41, 5.74) is 2.72. The summed E-state index contributed by atoms with van der Waals surface area (Å²) < 4.78 is 0. The third kappa shape index (κ3) is 2.31. The molecule has 1 rings (SSSR count). The number of nitrogens with zero attached hydrogens (tertiary/aromatic N) is 1. The monoisotopic (exact) mass is 161 g/mol. The van der Waals surface area contributed by atoms with Crippen LogP contribution in [0.3, 0.4) is 0 Å². The first-order valence-corrected chi connectivity index (χ1v) is 3.80. The maximum Gasteiger partial charge on any atom is 0.0824 e. The fraction of sp³-hybridized carbons (Fsp3) is 0.200. The molecule has 1 aromatic carbocycles. The van der Waals surface area contributed by atoms with E-state index in [4.69, 9.17) is 0 Å². The first kappa shape index (κ1) is 8.65. The highest BCUT2D eigenvalue weighted by molar-refractivity contribution is 5.52.